The summed E-state index contributed by atoms with van der Waals surface area (Å²) in [5.41, 5.74) is 5.92. The molecule has 1 aliphatic heterocycles. The molecule has 6 heteroatoms. The molecule has 5 nitrogen and oxygen atoms in total. The van der Waals surface area contributed by atoms with E-state index >= 15 is 0 Å². The number of hydrogen-bond donors (Lipinski definition) is 2. The van der Waals surface area contributed by atoms with Gasteiger partial charge in [-0.25, -0.2) is 0 Å². The van der Waals surface area contributed by atoms with Crippen LogP contribution >= 0.6 is 24.0 Å². The molecule has 1 rings (SSSR count). The van der Waals surface area contributed by atoms with Gasteiger partial charge in [-0.3, -0.25) is 9.79 Å². The maximum absolute atomic E-state index is 11.4. The van der Waals surface area contributed by atoms with Crippen LogP contribution in [-0.2, 0) is 4.79 Å². The largest absolute Gasteiger partial charge is 0.370 e. The van der Waals surface area contributed by atoms with Crippen molar-refractivity contribution < 1.29 is 4.79 Å². The Balaban J connectivity index is 0.00000324. The Morgan fingerprint density at radius 1 is 1.42 bits per heavy atom. The first-order chi connectivity index (χ1) is 8.63. The van der Waals surface area contributed by atoms with E-state index in [0.29, 0.717) is 18.9 Å². The summed E-state index contributed by atoms with van der Waals surface area (Å²) < 4.78 is 0. The van der Waals surface area contributed by atoms with Crippen LogP contribution in [0.15, 0.2) is 4.99 Å². The monoisotopic (exact) mass is 382 g/mol. The van der Waals surface area contributed by atoms with E-state index in [1.165, 1.54) is 12.8 Å². The Labute approximate surface area is 133 Å². The van der Waals surface area contributed by atoms with Crippen LogP contribution in [0.25, 0.3) is 0 Å². The smallest absolute Gasteiger partial charge is 0.221 e. The number of rotatable bonds is 5. The van der Waals surface area contributed by atoms with Crippen molar-refractivity contribution in [1.82, 2.24) is 10.2 Å². The first-order valence-corrected chi connectivity index (χ1v) is 6.95. The number of nitrogens with two attached hydrogens (primary N) is 1. The van der Waals surface area contributed by atoms with Gasteiger partial charge >= 0.3 is 0 Å². The summed E-state index contributed by atoms with van der Waals surface area (Å²) in [5.74, 6) is 1.43. The van der Waals surface area contributed by atoms with Crippen LogP contribution < -0.4 is 11.1 Å². The number of nitrogens with zero attached hydrogens (tertiary/aromatic N) is 2. The van der Waals surface area contributed by atoms with Crippen LogP contribution in [0.3, 0.4) is 0 Å². The van der Waals surface area contributed by atoms with Crippen molar-refractivity contribution in [2.45, 2.75) is 39.5 Å². The van der Waals surface area contributed by atoms with E-state index in [4.69, 9.17) is 5.73 Å². The molecule has 1 fully saturated rings. The van der Waals surface area contributed by atoms with Crippen molar-refractivity contribution >= 4 is 35.8 Å². The molecule has 1 saturated heterocycles. The highest BCUT2D eigenvalue weighted by Crippen LogP contribution is 2.15. The van der Waals surface area contributed by atoms with E-state index in [2.05, 4.69) is 22.1 Å². The molecule has 0 spiro atoms. The summed E-state index contributed by atoms with van der Waals surface area (Å²) in [6, 6.07) is 0. The third kappa shape index (κ3) is 7.59. The zero-order valence-corrected chi connectivity index (χ0v) is 14.4. The minimum Gasteiger partial charge on any atom is -0.370 e. The van der Waals surface area contributed by atoms with Crippen LogP contribution in [0.4, 0.5) is 0 Å². The molecule has 3 N–H and O–H groups in total. The zero-order chi connectivity index (χ0) is 13.4. The van der Waals surface area contributed by atoms with E-state index in [1.807, 2.05) is 6.92 Å². The van der Waals surface area contributed by atoms with Gasteiger partial charge in [0.1, 0.15) is 0 Å². The number of piperidine rings is 1. The van der Waals surface area contributed by atoms with Crippen molar-refractivity contribution in [3.8, 4) is 0 Å². The number of hydrogen-bond acceptors (Lipinski definition) is 2. The summed E-state index contributed by atoms with van der Waals surface area (Å²) in [6.45, 7) is 7.49. The number of carbonyl (C=O) groups is 1. The van der Waals surface area contributed by atoms with E-state index in [1.54, 1.807) is 0 Å². The Hall–Kier alpha value is -0.530. The fourth-order valence-electron chi connectivity index (χ4n) is 1.96. The minimum absolute atomic E-state index is 0. The molecule has 19 heavy (non-hydrogen) atoms. The number of guanidine groups is 1. The number of carbonyl (C=O) groups excluding carboxylic acids is 1. The Bertz CT molecular complexity index is 288. The standard InChI is InChI=1S/C13H26N4O.HI/c1-3-7-15-12(18)4-8-16-13(14)17-9-5-11(2)6-10-17;/h11H,3-10H2,1-2H3,(H2,14,16)(H,15,18);1H. The number of halogens is 1. The summed E-state index contributed by atoms with van der Waals surface area (Å²) in [7, 11) is 0. The Morgan fingerprint density at radius 3 is 2.63 bits per heavy atom. The molecule has 112 valence electrons. The minimum atomic E-state index is 0. The van der Waals surface area contributed by atoms with Crippen LogP contribution in [-0.4, -0.2) is 42.9 Å². The predicted molar refractivity (Wildman–Crippen MR) is 89.8 cm³/mol. The maximum atomic E-state index is 11.4. The molecule has 1 aliphatic rings. The van der Waals surface area contributed by atoms with Gasteiger partial charge in [-0.05, 0) is 25.2 Å². The van der Waals surface area contributed by atoms with Crippen LogP contribution in [0.2, 0.25) is 0 Å². The second-order valence-corrected chi connectivity index (χ2v) is 5.01. The Morgan fingerprint density at radius 2 is 2.05 bits per heavy atom. The highest BCUT2D eigenvalue weighted by Gasteiger charge is 2.16. The lowest BCUT2D eigenvalue weighted by atomic mass is 10.00. The highest BCUT2D eigenvalue weighted by atomic mass is 127. The van der Waals surface area contributed by atoms with E-state index in [-0.39, 0.29) is 29.9 Å². The third-order valence-electron chi connectivity index (χ3n) is 3.29. The van der Waals surface area contributed by atoms with Gasteiger partial charge in [-0.15, -0.1) is 24.0 Å². The molecular weight excluding hydrogens is 355 g/mol. The number of aliphatic imine (C=N–C) groups is 1. The lowest BCUT2D eigenvalue weighted by molar-refractivity contribution is -0.120. The van der Waals surface area contributed by atoms with Crippen molar-refractivity contribution in [3.05, 3.63) is 0 Å². The predicted octanol–water partition coefficient (Wildman–Crippen LogP) is 1.57. The van der Waals surface area contributed by atoms with Gasteiger partial charge in [0.25, 0.3) is 0 Å². The summed E-state index contributed by atoms with van der Waals surface area (Å²) in [5, 5.41) is 2.83. The SMILES string of the molecule is CCCNC(=O)CCN=C(N)N1CCC(C)CC1.I. The number of amides is 1. The second-order valence-electron chi connectivity index (χ2n) is 5.01. The average molecular weight is 382 g/mol. The summed E-state index contributed by atoms with van der Waals surface area (Å²) in [6.07, 6.45) is 3.73. The molecule has 0 aliphatic carbocycles. The van der Waals surface area contributed by atoms with Crippen LogP contribution in [0.1, 0.15) is 39.5 Å². The molecule has 1 amide bonds. The lowest BCUT2D eigenvalue weighted by Crippen LogP contribution is -2.42. The molecule has 0 saturated carbocycles. The molecule has 1 heterocycles. The van der Waals surface area contributed by atoms with Crippen molar-refractivity contribution in [2.24, 2.45) is 16.6 Å². The van der Waals surface area contributed by atoms with E-state index < -0.39 is 0 Å². The normalized spacial score (nSPS) is 16.9. The van der Waals surface area contributed by atoms with Gasteiger partial charge in [0.2, 0.25) is 5.91 Å². The molecule has 0 unspecified atom stereocenters. The van der Waals surface area contributed by atoms with Crippen molar-refractivity contribution in [2.75, 3.05) is 26.2 Å². The van der Waals surface area contributed by atoms with Gasteiger partial charge in [0.15, 0.2) is 5.96 Å². The fourth-order valence-corrected chi connectivity index (χ4v) is 1.96. The Kier molecular flexibility index (Phi) is 9.99. The van der Waals surface area contributed by atoms with E-state index in [0.717, 1.165) is 32.0 Å². The van der Waals surface area contributed by atoms with Gasteiger partial charge < -0.3 is 16.0 Å². The molecule has 0 bridgehead atoms. The van der Waals surface area contributed by atoms with Gasteiger partial charge in [0, 0.05) is 26.1 Å². The van der Waals surface area contributed by atoms with Gasteiger partial charge in [-0.2, -0.15) is 0 Å². The zero-order valence-electron chi connectivity index (χ0n) is 12.0. The topological polar surface area (TPSA) is 70.7 Å². The maximum Gasteiger partial charge on any atom is 0.221 e. The van der Waals surface area contributed by atoms with Crippen LogP contribution in [0.5, 0.6) is 0 Å². The average Bonchev–Trinajstić information content (AvgIpc) is 2.37. The quantitative estimate of drug-likeness (QED) is 0.431. The van der Waals surface area contributed by atoms with Crippen molar-refractivity contribution in [1.29, 1.82) is 0 Å². The first kappa shape index (κ1) is 18.5. The third-order valence-corrected chi connectivity index (χ3v) is 3.29. The molecule has 0 aromatic heterocycles. The molecule has 0 aromatic rings. The molecule has 0 atom stereocenters. The molecular formula is C13H27IN4O. The van der Waals surface area contributed by atoms with Crippen molar-refractivity contribution in [3.63, 3.8) is 0 Å². The molecule has 0 aromatic carbocycles. The summed E-state index contributed by atoms with van der Waals surface area (Å²) in [4.78, 5) is 17.8. The molecule has 0 radical (unpaired) electrons. The van der Waals surface area contributed by atoms with Crippen LogP contribution in [0, 0.1) is 5.92 Å². The van der Waals surface area contributed by atoms with Gasteiger partial charge in [-0.1, -0.05) is 13.8 Å². The summed E-state index contributed by atoms with van der Waals surface area (Å²) >= 11 is 0. The second kappa shape index (κ2) is 10.3. The fraction of sp³-hybridized carbons (Fsp3) is 0.846. The van der Waals surface area contributed by atoms with Gasteiger partial charge in [0.05, 0.1) is 6.54 Å². The van der Waals surface area contributed by atoms with E-state index in [9.17, 15) is 4.79 Å². The number of likely N-dealkylation sites (tertiary alicyclic amines) is 1. The highest BCUT2D eigenvalue weighted by molar-refractivity contribution is 14.0. The lowest BCUT2D eigenvalue weighted by Gasteiger charge is -2.31. The first-order valence-electron chi connectivity index (χ1n) is 6.95. The number of nitrogens with one attached hydrogen (secondary N) is 1.